The minimum absolute atomic E-state index is 0.239. The molecule has 4 N–H and O–H groups in total. The third kappa shape index (κ3) is 2.37. The van der Waals surface area contributed by atoms with Gasteiger partial charge in [-0.25, -0.2) is 4.98 Å². The fraction of sp³-hybridized carbons (Fsp3) is 0.222. The fourth-order valence-corrected chi connectivity index (χ4v) is 1.90. The largest absolute Gasteiger partial charge is 0.382 e. The zero-order valence-electron chi connectivity index (χ0n) is 8.65. The molecule has 0 saturated heterocycles. The highest BCUT2D eigenvalue weighted by molar-refractivity contribution is 7.09. The number of rotatable bonds is 3. The highest BCUT2D eigenvalue weighted by Crippen LogP contribution is 2.08. The van der Waals surface area contributed by atoms with Gasteiger partial charge in [0.2, 0.25) is 0 Å². The van der Waals surface area contributed by atoms with Crippen LogP contribution in [0.1, 0.15) is 21.2 Å². The van der Waals surface area contributed by atoms with Crippen molar-refractivity contribution in [2.45, 2.75) is 13.5 Å². The molecule has 0 bridgehead atoms. The van der Waals surface area contributed by atoms with E-state index < -0.39 is 0 Å². The number of amides is 1. The van der Waals surface area contributed by atoms with Crippen molar-refractivity contribution in [2.75, 3.05) is 5.73 Å². The molecule has 2 aromatic heterocycles. The van der Waals surface area contributed by atoms with Crippen LogP contribution in [0.2, 0.25) is 0 Å². The van der Waals surface area contributed by atoms with E-state index in [9.17, 15) is 4.79 Å². The number of aromatic nitrogens is 3. The van der Waals surface area contributed by atoms with Crippen molar-refractivity contribution in [3.63, 3.8) is 0 Å². The quantitative estimate of drug-likeness (QED) is 0.731. The monoisotopic (exact) mass is 237 g/mol. The van der Waals surface area contributed by atoms with E-state index in [1.807, 2.05) is 12.3 Å². The number of hydrogen-bond acceptors (Lipinski definition) is 5. The van der Waals surface area contributed by atoms with Gasteiger partial charge in [0.05, 0.1) is 6.54 Å². The molecule has 7 heteroatoms. The van der Waals surface area contributed by atoms with E-state index in [0.29, 0.717) is 18.1 Å². The predicted octanol–water partition coefficient (Wildman–Crippen LogP) is 0.687. The highest BCUT2D eigenvalue weighted by atomic mass is 32.1. The SMILES string of the molecule is Cc1csc(CNC(=O)c2cc(N)n[nH]2)n1. The molecule has 16 heavy (non-hydrogen) atoms. The normalized spacial score (nSPS) is 10.3. The first-order chi connectivity index (χ1) is 7.65. The molecule has 84 valence electrons. The molecule has 6 nitrogen and oxygen atoms in total. The Kier molecular flexibility index (Phi) is 2.86. The van der Waals surface area contributed by atoms with Crippen LogP contribution in [0.4, 0.5) is 5.82 Å². The van der Waals surface area contributed by atoms with Crippen molar-refractivity contribution < 1.29 is 4.79 Å². The lowest BCUT2D eigenvalue weighted by Crippen LogP contribution is -2.23. The Morgan fingerprint density at radius 2 is 2.50 bits per heavy atom. The van der Waals surface area contributed by atoms with Crippen molar-refractivity contribution in [1.82, 2.24) is 20.5 Å². The van der Waals surface area contributed by atoms with Gasteiger partial charge in [-0.2, -0.15) is 5.10 Å². The first-order valence-electron chi connectivity index (χ1n) is 4.65. The van der Waals surface area contributed by atoms with Crippen LogP contribution in [-0.4, -0.2) is 21.1 Å². The van der Waals surface area contributed by atoms with Gasteiger partial charge in [-0.15, -0.1) is 11.3 Å². The summed E-state index contributed by atoms with van der Waals surface area (Å²) in [7, 11) is 0. The Labute approximate surface area is 95.9 Å². The number of carbonyl (C=O) groups is 1. The lowest BCUT2D eigenvalue weighted by molar-refractivity contribution is 0.0946. The van der Waals surface area contributed by atoms with Gasteiger partial charge in [-0.05, 0) is 6.92 Å². The smallest absolute Gasteiger partial charge is 0.269 e. The maximum Gasteiger partial charge on any atom is 0.269 e. The van der Waals surface area contributed by atoms with Crippen molar-refractivity contribution >= 4 is 23.1 Å². The number of nitrogens with two attached hydrogens (primary N) is 1. The number of hydrogen-bond donors (Lipinski definition) is 3. The Bertz CT molecular complexity index is 503. The standard InChI is InChI=1S/C9H11N5OS/c1-5-4-16-8(12-5)3-11-9(15)6-2-7(10)14-13-6/h2,4H,3H2,1H3,(H,11,15)(H3,10,13,14). The minimum Gasteiger partial charge on any atom is -0.382 e. The fourth-order valence-electron chi connectivity index (χ4n) is 1.19. The van der Waals surface area contributed by atoms with Gasteiger partial charge < -0.3 is 11.1 Å². The molecule has 1 amide bonds. The van der Waals surface area contributed by atoms with E-state index in [2.05, 4.69) is 20.5 Å². The summed E-state index contributed by atoms with van der Waals surface area (Å²) in [6, 6.07) is 1.49. The molecule has 0 aliphatic heterocycles. The highest BCUT2D eigenvalue weighted by Gasteiger charge is 2.08. The molecular weight excluding hydrogens is 226 g/mol. The average molecular weight is 237 g/mol. The van der Waals surface area contributed by atoms with Gasteiger partial charge in [-0.3, -0.25) is 9.89 Å². The van der Waals surface area contributed by atoms with Gasteiger partial charge in [0.15, 0.2) is 0 Å². The molecule has 0 spiro atoms. The van der Waals surface area contributed by atoms with Crippen LogP contribution in [-0.2, 0) is 6.54 Å². The summed E-state index contributed by atoms with van der Waals surface area (Å²) < 4.78 is 0. The molecule has 0 atom stereocenters. The summed E-state index contributed by atoms with van der Waals surface area (Å²) in [5.41, 5.74) is 6.71. The van der Waals surface area contributed by atoms with E-state index in [1.165, 1.54) is 17.4 Å². The lowest BCUT2D eigenvalue weighted by atomic mass is 10.4. The molecule has 0 aliphatic rings. The van der Waals surface area contributed by atoms with Gasteiger partial charge >= 0.3 is 0 Å². The van der Waals surface area contributed by atoms with Crippen LogP contribution < -0.4 is 11.1 Å². The van der Waals surface area contributed by atoms with E-state index in [1.54, 1.807) is 0 Å². The summed E-state index contributed by atoms with van der Waals surface area (Å²) in [6.45, 7) is 2.33. The zero-order chi connectivity index (χ0) is 11.5. The van der Waals surface area contributed by atoms with E-state index >= 15 is 0 Å². The summed E-state index contributed by atoms with van der Waals surface area (Å²) in [5, 5.41) is 11.8. The summed E-state index contributed by atoms with van der Waals surface area (Å²) >= 11 is 1.52. The molecule has 0 aromatic carbocycles. The lowest BCUT2D eigenvalue weighted by Gasteiger charge is -1.99. The maximum absolute atomic E-state index is 11.6. The molecule has 0 saturated carbocycles. The first-order valence-corrected chi connectivity index (χ1v) is 5.53. The number of carbonyl (C=O) groups excluding carboxylic acids is 1. The number of aromatic amines is 1. The van der Waals surface area contributed by atoms with E-state index in [4.69, 9.17) is 5.73 Å². The first kappa shape index (κ1) is 10.6. The molecule has 0 fully saturated rings. The van der Waals surface area contributed by atoms with Crippen LogP contribution in [0.15, 0.2) is 11.4 Å². The number of thiazole rings is 1. The van der Waals surface area contributed by atoms with Gasteiger partial charge in [0.1, 0.15) is 16.5 Å². The molecule has 2 aromatic rings. The maximum atomic E-state index is 11.6. The predicted molar refractivity (Wildman–Crippen MR) is 61.0 cm³/mol. The summed E-state index contributed by atoms with van der Waals surface area (Å²) in [4.78, 5) is 15.8. The second-order valence-electron chi connectivity index (χ2n) is 3.27. The van der Waals surface area contributed by atoms with E-state index in [0.717, 1.165) is 10.7 Å². The van der Waals surface area contributed by atoms with Crippen molar-refractivity contribution in [3.8, 4) is 0 Å². The second kappa shape index (κ2) is 4.31. The van der Waals surface area contributed by atoms with Gasteiger partial charge in [0.25, 0.3) is 5.91 Å². The third-order valence-electron chi connectivity index (χ3n) is 1.91. The summed E-state index contributed by atoms with van der Waals surface area (Å²) in [6.07, 6.45) is 0. The van der Waals surface area contributed by atoms with Crippen molar-refractivity contribution in [1.29, 1.82) is 0 Å². The van der Waals surface area contributed by atoms with E-state index in [-0.39, 0.29) is 5.91 Å². The number of aryl methyl sites for hydroxylation is 1. The minimum atomic E-state index is -0.239. The van der Waals surface area contributed by atoms with Gasteiger partial charge in [-0.1, -0.05) is 0 Å². The topological polar surface area (TPSA) is 96.7 Å². The number of anilines is 1. The zero-order valence-corrected chi connectivity index (χ0v) is 9.47. The van der Waals surface area contributed by atoms with Crippen LogP contribution in [0, 0.1) is 6.92 Å². The number of nitrogens with zero attached hydrogens (tertiary/aromatic N) is 2. The van der Waals surface area contributed by atoms with Crippen LogP contribution in [0.25, 0.3) is 0 Å². The Morgan fingerprint density at radius 3 is 3.06 bits per heavy atom. The molecule has 0 aliphatic carbocycles. The summed E-state index contributed by atoms with van der Waals surface area (Å²) in [5.74, 6) is 0.0623. The number of nitrogen functional groups attached to an aromatic ring is 1. The van der Waals surface area contributed by atoms with Crippen LogP contribution in [0.5, 0.6) is 0 Å². The third-order valence-corrected chi connectivity index (χ3v) is 2.88. The second-order valence-corrected chi connectivity index (χ2v) is 4.21. The van der Waals surface area contributed by atoms with Gasteiger partial charge in [0, 0.05) is 17.1 Å². The Hall–Kier alpha value is -1.89. The Balaban J connectivity index is 1.93. The molecular formula is C9H11N5OS. The van der Waals surface area contributed by atoms with Crippen molar-refractivity contribution in [3.05, 3.63) is 27.8 Å². The van der Waals surface area contributed by atoms with Crippen LogP contribution in [0.3, 0.4) is 0 Å². The Morgan fingerprint density at radius 1 is 1.69 bits per heavy atom. The molecule has 2 heterocycles. The number of H-pyrrole nitrogens is 1. The number of nitrogens with one attached hydrogen (secondary N) is 2. The van der Waals surface area contributed by atoms with Crippen molar-refractivity contribution in [2.24, 2.45) is 0 Å². The van der Waals surface area contributed by atoms with Crippen LogP contribution >= 0.6 is 11.3 Å². The average Bonchev–Trinajstić information content (AvgIpc) is 2.84. The molecule has 2 rings (SSSR count). The molecule has 0 unspecified atom stereocenters. The molecule has 0 radical (unpaired) electrons.